The van der Waals surface area contributed by atoms with Crippen molar-refractivity contribution in [2.75, 3.05) is 18.5 Å². The van der Waals surface area contributed by atoms with Gasteiger partial charge in [0.2, 0.25) is 5.76 Å². The monoisotopic (exact) mass is 392 g/mol. The summed E-state index contributed by atoms with van der Waals surface area (Å²) in [5.41, 5.74) is 1.05. The number of anilines is 1. The first-order valence-electron chi connectivity index (χ1n) is 9.09. The Bertz CT molecular complexity index is 1060. The number of amides is 1. The van der Waals surface area contributed by atoms with E-state index in [1.165, 1.54) is 0 Å². The second-order valence-electron chi connectivity index (χ2n) is 6.77. The summed E-state index contributed by atoms with van der Waals surface area (Å²) in [6.45, 7) is 4.18. The number of esters is 1. The van der Waals surface area contributed by atoms with Crippen molar-refractivity contribution in [2.45, 2.75) is 13.8 Å². The lowest BCUT2D eigenvalue weighted by Crippen LogP contribution is -2.21. The van der Waals surface area contributed by atoms with Gasteiger partial charge >= 0.3 is 5.97 Å². The van der Waals surface area contributed by atoms with E-state index in [1.54, 1.807) is 48.5 Å². The maximum atomic E-state index is 12.2. The van der Waals surface area contributed by atoms with Gasteiger partial charge in [-0.3, -0.25) is 4.79 Å². The highest BCUT2D eigenvalue weighted by atomic mass is 16.5. The van der Waals surface area contributed by atoms with Crippen molar-refractivity contribution in [3.8, 4) is 11.8 Å². The molecule has 0 saturated heterocycles. The fourth-order valence-corrected chi connectivity index (χ4v) is 2.59. The number of rotatable bonds is 7. The topological polar surface area (TPSA) is 102 Å². The van der Waals surface area contributed by atoms with Crippen molar-refractivity contribution in [1.29, 1.82) is 5.26 Å². The van der Waals surface area contributed by atoms with Gasteiger partial charge in [0.15, 0.2) is 6.61 Å². The number of nitrogens with zero attached hydrogens (tertiary/aromatic N) is 1. The van der Waals surface area contributed by atoms with Gasteiger partial charge in [-0.05, 0) is 42.3 Å². The Hall–Kier alpha value is -3.79. The third-order valence-corrected chi connectivity index (χ3v) is 3.97. The van der Waals surface area contributed by atoms with Crippen molar-refractivity contribution >= 4 is 28.5 Å². The number of hydrogen-bond acceptors (Lipinski definition) is 6. The molecule has 0 aliphatic carbocycles. The van der Waals surface area contributed by atoms with Crippen LogP contribution in [0.15, 0.2) is 52.9 Å². The van der Waals surface area contributed by atoms with Gasteiger partial charge in [0.1, 0.15) is 23.1 Å². The van der Waals surface area contributed by atoms with E-state index in [-0.39, 0.29) is 11.4 Å². The average molecular weight is 392 g/mol. The molecule has 0 radical (unpaired) electrons. The molecule has 0 saturated carbocycles. The highest BCUT2D eigenvalue weighted by Crippen LogP contribution is 2.30. The fourth-order valence-electron chi connectivity index (χ4n) is 2.59. The van der Waals surface area contributed by atoms with Gasteiger partial charge in [-0.25, -0.2) is 4.79 Å². The molecule has 148 valence electrons. The Morgan fingerprint density at radius 3 is 2.55 bits per heavy atom. The van der Waals surface area contributed by atoms with Crippen LogP contribution in [-0.2, 0) is 9.53 Å². The van der Waals surface area contributed by atoms with Crippen LogP contribution in [0.4, 0.5) is 5.69 Å². The first kappa shape index (κ1) is 20.0. The highest BCUT2D eigenvalue weighted by Gasteiger charge is 2.17. The molecule has 0 unspecified atom stereocenters. The predicted octanol–water partition coefficient (Wildman–Crippen LogP) is 4.13. The standard InChI is InChI=1S/C22H20N2O5/c1-14(2)12-27-16-9-7-15(8-10-16)22(26)28-13-20(25)24-21-17-5-3-4-6-18(17)29-19(21)11-23/h3-10,14H,12-13H2,1-2H3,(H,24,25). The lowest BCUT2D eigenvalue weighted by molar-refractivity contribution is -0.119. The molecule has 0 aliphatic rings. The van der Waals surface area contributed by atoms with Crippen LogP contribution in [0.25, 0.3) is 11.0 Å². The molecule has 1 N–H and O–H groups in total. The summed E-state index contributed by atoms with van der Waals surface area (Å²) in [7, 11) is 0. The Morgan fingerprint density at radius 2 is 1.86 bits per heavy atom. The number of nitriles is 1. The van der Waals surface area contributed by atoms with E-state index in [9.17, 15) is 14.9 Å². The minimum Gasteiger partial charge on any atom is -0.493 e. The fraction of sp³-hybridized carbons (Fsp3) is 0.227. The molecule has 0 bridgehead atoms. The minimum absolute atomic E-state index is 0.0112. The van der Waals surface area contributed by atoms with Crippen LogP contribution in [0.2, 0.25) is 0 Å². The second kappa shape index (κ2) is 8.93. The van der Waals surface area contributed by atoms with E-state index in [0.717, 1.165) is 0 Å². The Morgan fingerprint density at radius 1 is 1.14 bits per heavy atom. The van der Waals surface area contributed by atoms with Gasteiger partial charge in [0, 0.05) is 5.39 Å². The zero-order chi connectivity index (χ0) is 20.8. The van der Waals surface area contributed by atoms with Crippen molar-refractivity contribution in [2.24, 2.45) is 5.92 Å². The summed E-state index contributed by atoms with van der Waals surface area (Å²) in [6, 6.07) is 15.4. The highest BCUT2D eigenvalue weighted by molar-refractivity contribution is 6.03. The summed E-state index contributed by atoms with van der Waals surface area (Å²) >= 11 is 0. The summed E-state index contributed by atoms with van der Waals surface area (Å²) in [4.78, 5) is 24.4. The van der Waals surface area contributed by atoms with E-state index in [1.807, 2.05) is 19.9 Å². The number of carbonyl (C=O) groups excluding carboxylic acids is 2. The number of carbonyl (C=O) groups is 2. The molecule has 3 aromatic rings. The van der Waals surface area contributed by atoms with E-state index in [2.05, 4.69) is 5.32 Å². The molecule has 0 spiro atoms. The van der Waals surface area contributed by atoms with Crippen LogP contribution in [0.3, 0.4) is 0 Å². The van der Waals surface area contributed by atoms with Crippen molar-refractivity contribution in [3.63, 3.8) is 0 Å². The number of ether oxygens (including phenoxy) is 2. The molecule has 1 amide bonds. The lowest BCUT2D eigenvalue weighted by Gasteiger charge is -2.09. The smallest absolute Gasteiger partial charge is 0.338 e. The van der Waals surface area contributed by atoms with Crippen LogP contribution in [0, 0.1) is 17.2 Å². The quantitative estimate of drug-likeness (QED) is 0.607. The maximum absolute atomic E-state index is 12.2. The molecular formula is C22H20N2O5. The number of furan rings is 1. The van der Waals surface area contributed by atoms with Gasteiger partial charge in [-0.1, -0.05) is 26.0 Å². The van der Waals surface area contributed by atoms with Gasteiger partial charge in [0.25, 0.3) is 5.91 Å². The molecular weight excluding hydrogens is 372 g/mol. The number of para-hydroxylation sites is 1. The van der Waals surface area contributed by atoms with Crippen molar-refractivity contribution < 1.29 is 23.5 Å². The molecule has 3 rings (SSSR count). The zero-order valence-electron chi connectivity index (χ0n) is 16.1. The molecule has 0 fully saturated rings. The van der Waals surface area contributed by atoms with Crippen LogP contribution in [0.1, 0.15) is 30.0 Å². The number of benzene rings is 2. The average Bonchev–Trinajstić information content (AvgIpc) is 3.08. The van der Waals surface area contributed by atoms with Crippen LogP contribution in [-0.4, -0.2) is 25.1 Å². The molecule has 1 aromatic heterocycles. The number of nitrogens with one attached hydrogen (secondary N) is 1. The van der Waals surface area contributed by atoms with Crippen LogP contribution < -0.4 is 10.1 Å². The molecule has 7 nitrogen and oxygen atoms in total. The molecule has 1 heterocycles. The van der Waals surface area contributed by atoms with Crippen LogP contribution >= 0.6 is 0 Å². The third kappa shape index (κ3) is 4.93. The predicted molar refractivity (Wildman–Crippen MR) is 107 cm³/mol. The maximum Gasteiger partial charge on any atom is 0.338 e. The van der Waals surface area contributed by atoms with Gasteiger partial charge < -0.3 is 19.2 Å². The summed E-state index contributed by atoms with van der Waals surface area (Å²) in [5.74, 6) is -0.162. The van der Waals surface area contributed by atoms with Gasteiger partial charge in [0.05, 0.1) is 12.2 Å². The SMILES string of the molecule is CC(C)COc1ccc(C(=O)OCC(=O)Nc2c(C#N)oc3ccccc23)cc1. The van der Waals surface area contributed by atoms with Crippen molar-refractivity contribution in [3.05, 3.63) is 59.9 Å². The Balaban J connectivity index is 1.58. The first-order valence-corrected chi connectivity index (χ1v) is 9.09. The molecule has 29 heavy (non-hydrogen) atoms. The van der Waals surface area contributed by atoms with E-state index in [0.29, 0.717) is 34.8 Å². The summed E-state index contributed by atoms with van der Waals surface area (Å²) in [6.07, 6.45) is 0. The summed E-state index contributed by atoms with van der Waals surface area (Å²) < 4.78 is 16.0. The first-order chi connectivity index (χ1) is 14.0. The van der Waals surface area contributed by atoms with Gasteiger partial charge in [-0.15, -0.1) is 0 Å². The van der Waals surface area contributed by atoms with Crippen molar-refractivity contribution in [1.82, 2.24) is 0 Å². The van der Waals surface area contributed by atoms with Gasteiger partial charge in [-0.2, -0.15) is 5.26 Å². The Labute approximate surface area is 167 Å². The van der Waals surface area contributed by atoms with E-state index < -0.39 is 18.5 Å². The van der Waals surface area contributed by atoms with E-state index >= 15 is 0 Å². The molecule has 2 aromatic carbocycles. The third-order valence-electron chi connectivity index (χ3n) is 3.97. The Kier molecular flexibility index (Phi) is 6.15. The largest absolute Gasteiger partial charge is 0.493 e. The molecule has 0 aliphatic heterocycles. The number of fused-ring (bicyclic) bond motifs is 1. The zero-order valence-corrected chi connectivity index (χ0v) is 16.1. The second-order valence-corrected chi connectivity index (χ2v) is 6.77. The lowest BCUT2D eigenvalue weighted by atomic mass is 10.2. The number of hydrogen-bond donors (Lipinski definition) is 1. The molecule has 0 atom stereocenters. The normalized spacial score (nSPS) is 10.6. The minimum atomic E-state index is -0.631. The van der Waals surface area contributed by atoms with E-state index in [4.69, 9.17) is 13.9 Å². The molecule has 7 heteroatoms. The summed E-state index contributed by atoms with van der Waals surface area (Å²) in [5, 5.41) is 12.4. The van der Waals surface area contributed by atoms with Crippen LogP contribution in [0.5, 0.6) is 5.75 Å².